The first-order chi connectivity index (χ1) is 8.77. The van der Waals surface area contributed by atoms with Crippen LogP contribution in [0.5, 0.6) is 0 Å². The van der Waals surface area contributed by atoms with Crippen LogP contribution < -0.4 is 5.32 Å². The largest absolute Gasteiger partial charge is 0.380 e. The van der Waals surface area contributed by atoms with Gasteiger partial charge in [0.1, 0.15) is 0 Å². The fourth-order valence-electron chi connectivity index (χ4n) is 2.34. The van der Waals surface area contributed by atoms with Crippen molar-refractivity contribution < 1.29 is 9.47 Å². The molecule has 0 bridgehead atoms. The highest BCUT2D eigenvalue weighted by Gasteiger charge is 2.21. The Hall–Kier alpha value is -0.160. The Morgan fingerprint density at radius 3 is 2.83 bits per heavy atom. The number of ether oxygens (including phenoxy) is 2. The minimum absolute atomic E-state index is 0.420. The van der Waals surface area contributed by atoms with Gasteiger partial charge in [-0.2, -0.15) is 0 Å². The maximum absolute atomic E-state index is 5.68. The number of nitrogens with one attached hydrogen (secondary N) is 1. The average molecular weight is 258 g/mol. The first-order valence-electron chi connectivity index (χ1n) is 7.43. The minimum Gasteiger partial charge on any atom is -0.380 e. The van der Waals surface area contributed by atoms with Crippen LogP contribution in [0.3, 0.4) is 0 Å². The Labute approximate surface area is 112 Å². The van der Waals surface area contributed by atoms with Crippen LogP contribution in [0.2, 0.25) is 0 Å². The molecule has 1 saturated heterocycles. The van der Waals surface area contributed by atoms with Crippen molar-refractivity contribution in [1.82, 2.24) is 10.2 Å². The van der Waals surface area contributed by atoms with Gasteiger partial charge in [0.15, 0.2) is 0 Å². The smallest absolute Gasteiger partial charge is 0.0726 e. The summed E-state index contributed by atoms with van der Waals surface area (Å²) in [6.07, 6.45) is 2.84. The van der Waals surface area contributed by atoms with E-state index in [0.717, 1.165) is 46.0 Å². The van der Waals surface area contributed by atoms with Gasteiger partial charge in [-0.05, 0) is 33.2 Å². The molecule has 2 atom stereocenters. The Kier molecular flexibility index (Phi) is 8.59. The molecule has 108 valence electrons. The molecule has 1 heterocycles. The van der Waals surface area contributed by atoms with Gasteiger partial charge in [-0.1, -0.05) is 6.92 Å². The van der Waals surface area contributed by atoms with Crippen molar-refractivity contribution in [2.75, 3.05) is 46.0 Å². The van der Waals surface area contributed by atoms with Gasteiger partial charge in [-0.3, -0.25) is 0 Å². The maximum Gasteiger partial charge on any atom is 0.0726 e. The van der Waals surface area contributed by atoms with Crippen molar-refractivity contribution in [1.29, 1.82) is 0 Å². The highest BCUT2D eigenvalue weighted by atomic mass is 16.5. The summed E-state index contributed by atoms with van der Waals surface area (Å²) in [5.74, 6) is 0. The van der Waals surface area contributed by atoms with Gasteiger partial charge >= 0.3 is 0 Å². The highest BCUT2D eigenvalue weighted by molar-refractivity contribution is 4.76. The van der Waals surface area contributed by atoms with Gasteiger partial charge in [0.05, 0.1) is 12.7 Å². The topological polar surface area (TPSA) is 33.7 Å². The molecule has 0 amide bonds. The molecule has 0 aromatic rings. The first-order valence-corrected chi connectivity index (χ1v) is 7.43. The number of rotatable bonds is 10. The summed E-state index contributed by atoms with van der Waals surface area (Å²) in [5.41, 5.74) is 0. The zero-order valence-electron chi connectivity index (χ0n) is 12.3. The van der Waals surface area contributed by atoms with E-state index in [1.54, 1.807) is 0 Å². The Bertz CT molecular complexity index is 196. The van der Waals surface area contributed by atoms with Crippen molar-refractivity contribution in [3.05, 3.63) is 0 Å². The summed E-state index contributed by atoms with van der Waals surface area (Å²) in [6.45, 7) is 13.3. The molecule has 4 heteroatoms. The quantitative estimate of drug-likeness (QED) is 0.602. The standard InChI is InChI=1S/C14H30N2O2/c1-4-16(10-12-17-5-2)9-8-15-13(3)14-7-6-11-18-14/h13-15H,4-12H2,1-3H3. The molecule has 1 N–H and O–H groups in total. The predicted molar refractivity (Wildman–Crippen MR) is 75.0 cm³/mol. The zero-order valence-corrected chi connectivity index (χ0v) is 12.3. The van der Waals surface area contributed by atoms with E-state index in [4.69, 9.17) is 9.47 Å². The van der Waals surface area contributed by atoms with E-state index in [9.17, 15) is 0 Å². The molecular formula is C14H30N2O2. The summed E-state index contributed by atoms with van der Waals surface area (Å²) in [6, 6.07) is 0.470. The second-order valence-electron chi connectivity index (χ2n) is 4.93. The van der Waals surface area contributed by atoms with Crippen LogP contribution in [0.15, 0.2) is 0 Å². The number of hydrogen-bond donors (Lipinski definition) is 1. The van der Waals surface area contributed by atoms with E-state index in [1.807, 2.05) is 6.92 Å². The molecule has 0 saturated carbocycles. The van der Waals surface area contributed by atoms with Crippen LogP contribution in [0.1, 0.15) is 33.6 Å². The molecule has 1 aliphatic rings. The van der Waals surface area contributed by atoms with Crippen molar-refractivity contribution in [3.63, 3.8) is 0 Å². The molecule has 18 heavy (non-hydrogen) atoms. The molecule has 1 rings (SSSR count). The lowest BCUT2D eigenvalue weighted by molar-refractivity contribution is 0.0812. The van der Waals surface area contributed by atoms with Crippen molar-refractivity contribution >= 4 is 0 Å². The van der Waals surface area contributed by atoms with E-state index in [1.165, 1.54) is 12.8 Å². The second-order valence-corrected chi connectivity index (χ2v) is 4.93. The van der Waals surface area contributed by atoms with Crippen molar-refractivity contribution in [2.24, 2.45) is 0 Å². The van der Waals surface area contributed by atoms with Crippen molar-refractivity contribution in [3.8, 4) is 0 Å². The van der Waals surface area contributed by atoms with Gasteiger partial charge in [0.2, 0.25) is 0 Å². The second kappa shape index (κ2) is 9.73. The van der Waals surface area contributed by atoms with Gasteiger partial charge in [0.25, 0.3) is 0 Å². The SMILES string of the molecule is CCOCCN(CC)CCNC(C)C1CCCO1. The van der Waals surface area contributed by atoms with Crippen LogP contribution in [-0.4, -0.2) is 63.0 Å². The van der Waals surface area contributed by atoms with Crippen molar-refractivity contribution in [2.45, 2.75) is 45.8 Å². The third-order valence-electron chi connectivity index (χ3n) is 3.62. The third-order valence-corrected chi connectivity index (χ3v) is 3.62. The fraction of sp³-hybridized carbons (Fsp3) is 1.00. The molecule has 2 unspecified atom stereocenters. The van der Waals surface area contributed by atoms with Crippen LogP contribution in [-0.2, 0) is 9.47 Å². The summed E-state index contributed by atoms with van der Waals surface area (Å²) >= 11 is 0. The summed E-state index contributed by atoms with van der Waals surface area (Å²) in [4.78, 5) is 2.42. The molecule has 0 radical (unpaired) electrons. The summed E-state index contributed by atoms with van der Waals surface area (Å²) in [5, 5.41) is 3.57. The molecule has 0 aromatic heterocycles. The van der Waals surface area contributed by atoms with Gasteiger partial charge in [-0.25, -0.2) is 0 Å². The number of nitrogens with zero attached hydrogens (tertiary/aromatic N) is 1. The van der Waals surface area contributed by atoms with Crippen LogP contribution >= 0.6 is 0 Å². The van der Waals surface area contributed by atoms with Gasteiger partial charge in [0, 0.05) is 38.9 Å². The normalized spacial score (nSPS) is 21.7. The lowest BCUT2D eigenvalue weighted by atomic mass is 10.1. The van der Waals surface area contributed by atoms with Crippen LogP contribution in [0.25, 0.3) is 0 Å². The lowest BCUT2D eigenvalue weighted by Gasteiger charge is -2.24. The molecule has 0 aromatic carbocycles. The van der Waals surface area contributed by atoms with E-state index in [2.05, 4.69) is 24.1 Å². The van der Waals surface area contributed by atoms with Gasteiger partial charge < -0.3 is 19.7 Å². The predicted octanol–water partition coefficient (Wildman–Crippen LogP) is 1.50. The van der Waals surface area contributed by atoms with Crippen LogP contribution in [0.4, 0.5) is 0 Å². The molecular weight excluding hydrogens is 228 g/mol. The number of hydrogen-bond acceptors (Lipinski definition) is 4. The fourth-order valence-corrected chi connectivity index (χ4v) is 2.34. The van der Waals surface area contributed by atoms with E-state index < -0.39 is 0 Å². The lowest BCUT2D eigenvalue weighted by Crippen LogP contribution is -2.42. The Balaban J connectivity index is 2.06. The van der Waals surface area contributed by atoms with Crippen LogP contribution in [0, 0.1) is 0 Å². The molecule has 4 nitrogen and oxygen atoms in total. The first kappa shape index (κ1) is 15.9. The van der Waals surface area contributed by atoms with E-state index in [0.29, 0.717) is 12.1 Å². The zero-order chi connectivity index (χ0) is 13.2. The van der Waals surface area contributed by atoms with E-state index >= 15 is 0 Å². The summed E-state index contributed by atoms with van der Waals surface area (Å²) in [7, 11) is 0. The molecule has 0 aliphatic carbocycles. The number of likely N-dealkylation sites (N-methyl/N-ethyl adjacent to an activating group) is 1. The van der Waals surface area contributed by atoms with Gasteiger partial charge in [-0.15, -0.1) is 0 Å². The highest BCUT2D eigenvalue weighted by Crippen LogP contribution is 2.15. The molecule has 0 spiro atoms. The maximum atomic E-state index is 5.68. The Morgan fingerprint density at radius 2 is 2.22 bits per heavy atom. The summed E-state index contributed by atoms with van der Waals surface area (Å²) < 4.78 is 11.1. The Morgan fingerprint density at radius 1 is 1.39 bits per heavy atom. The third kappa shape index (κ3) is 6.14. The molecule has 1 aliphatic heterocycles. The average Bonchev–Trinajstić information content (AvgIpc) is 2.91. The molecule has 1 fully saturated rings. The monoisotopic (exact) mass is 258 g/mol. The minimum atomic E-state index is 0.420. The van der Waals surface area contributed by atoms with E-state index in [-0.39, 0.29) is 0 Å².